The highest BCUT2D eigenvalue weighted by Crippen LogP contribution is 2.38. The van der Waals surface area contributed by atoms with Crippen molar-refractivity contribution < 1.29 is 28.7 Å². The molecule has 1 aromatic heterocycles. The zero-order valence-corrected chi connectivity index (χ0v) is 35.1. The smallest absolute Gasteiger partial charge is 0.262 e. The van der Waals surface area contributed by atoms with Gasteiger partial charge >= 0.3 is 0 Å². The van der Waals surface area contributed by atoms with Gasteiger partial charge in [-0.05, 0) is 106 Å². The Labute approximate surface area is 346 Å². The maximum Gasteiger partial charge on any atom is 0.262 e. The molecule has 3 aromatic rings. The number of benzene rings is 2. The van der Waals surface area contributed by atoms with Crippen LogP contribution in [0.15, 0.2) is 41.3 Å². The van der Waals surface area contributed by atoms with Crippen molar-refractivity contribution in [3.8, 4) is 22.6 Å². The Bertz CT molecular complexity index is 2170. The lowest BCUT2D eigenvalue weighted by atomic mass is 9.93. The van der Waals surface area contributed by atoms with E-state index in [0.29, 0.717) is 23.1 Å². The summed E-state index contributed by atoms with van der Waals surface area (Å²) in [6, 6.07) is 9.21. The summed E-state index contributed by atoms with van der Waals surface area (Å²) in [4.78, 5) is 74.3. The van der Waals surface area contributed by atoms with E-state index >= 15 is 0 Å². The van der Waals surface area contributed by atoms with Gasteiger partial charge in [0.05, 0.1) is 30.9 Å². The third-order valence-corrected chi connectivity index (χ3v) is 13.6. The maximum atomic E-state index is 13.4. The molecule has 5 aliphatic rings. The number of amides is 4. The monoisotopic (exact) mass is 807 g/mol. The summed E-state index contributed by atoms with van der Waals surface area (Å²) in [5, 5.41) is 2.26. The molecule has 4 saturated heterocycles. The molecule has 14 nitrogen and oxygen atoms in total. The summed E-state index contributed by atoms with van der Waals surface area (Å²) in [6.45, 7) is 13.8. The first-order valence-corrected chi connectivity index (χ1v) is 21.2. The van der Waals surface area contributed by atoms with Crippen molar-refractivity contribution in [2.45, 2.75) is 71.0 Å². The van der Waals surface area contributed by atoms with Gasteiger partial charge in [0, 0.05) is 94.9 Å². The van der Waals surface area contributed by atoms with E-state index < -0.39 is 23.8 Å². The number of nitrogens with one attached hydrogen (secondary N) is 1. The minimum absolute atomic E-state index is 0.0140. The number of methoxy groups -OCH3 is 2. The van der Waals surface area contributed by atoms with Crippen LogP contribution in [0.5, 0.6) is 11.5 Å². The van der Waals surface area contributed by atoms with Crippen molar-refractivity contribution in [2.24, 2.45) is 13.0 Å². The Balaban J connectivity index is 0.794. The molecule has 1 N–H and O–H groups in total. The zero-order chi connectivity index (χ0) is 41.5. The number of imide groups is 2. The fourth-order valence-corrected chi connectivity index (χ4v) is 9.93. The second-order valence-corrected chi connectivity index (χ2v) is 17.0. The van der Waals surface area contributed by atoms with Crippen LogP contribution in [-0.4, -0.2) is 133 Å². The molecule has 1 unspecified atom stereocenters. The van der Waals surface area contributed by atoms with Crippen LogP contribution in [0, 0.1) is 19.8 Å². The molecule has 2 aromatic carbocycles. The van der Waals surface area contributed by atoms with Crippen molar-refractivity contribution in [1.29, 1.82) is 0 Å². The number of carbonyl (C=O) groups excluding carboxylic acids is 4. The molecule has 8 rings (SSSR count). The highest BCUT2D eigenvalue weighted by atomic mass is 16.5. The van der Waals surface area contributed by atoms with Gasteiger partial charge in [-0.3, -0.25) is 44.0 Å². The Kier molecular flexibility index (Phi) is 11.7. The molecule has 1 atom stereocenters. The first-order valence-electron chi connectivity index (χ1n) is 21.2. The number of rotatable bonds is 10. The second kappa shape index (κ2) is 16.9. The Hall–Kier alpha value is -5.05. The van der Waals surface area contributed by atoms with Gasteiger partial charge < -0.3 is 23.8 Å². The molecule has 6 heterocycles. The molecule has 0 spiro atoms. The van der Waals surface area contributed by atoms with Gasteiger partial charge in [0.1, 0.15) is 17.5 Å². The number of carbonyl (C=O) groups is 4. The summed E-state index contributed by atoms with van der Waals surface area (Å²) < 4.78 is 13.5. The average Bonchev–Trinajstić information content (AvgIpc) is 3.49. The molecular weight excluding hydrogens is 751 g/mol. The van der Waals surface area contributed by atoms with Crippen LogP contribution >= 0.6 is 0 Å². The highest BCUT2D eigenvalue weighted by molar-refractivity contribution is 6.23. The number of fused-ring (bicyclic) bond motifs is 1. The maximum absolute atomic E-state index is 13.4. The van der Waals surface area contributed by atoms with Crippen LogP contribution in [0.1, 0.15) is 75.9 Å². The topological polar surface area (TPSA) is 137 Å². The van der Waals surface area contributed by atoms with Gasteiger partial charge in [0.25, 0.3) is 17.4 Å². The first-order chi connectivity index (χ1) is 28.4. The Morgan fingerprint density at radius 2 is 1.37 bits per heavy atom. The largest absolute Gasteiger partial charge is 0.496 e. The van der Waals surface area contributed by atoms with Crippen molar-refractivity contribution in [1.82, 2.24) is 29.5 Å². The number of anilines is 1. The van der Waals surface area contributed by atoms with Gasteiger partial charge in [0.2, 0.25) is 11.8 Å². The number of aryl methyl sites for hydroxylation is 1. The van der Waals surface area contributed by atoms with Crippen LogP contribution in [0.4, 0.5) is 5.69 Å². The van der Waals surface area contributed by atoms with Crippen LogP contribution in [0.2, 0.25) is 0 Å². The lowest BCUT2D eigenvalue weighted by Crippen LogP contribution is -2.54. The molecule has 59 heavy (non-hydrogen) atoms. The number of aromatic nitrogens is 1. The quantitative estimate of drug-likeness (QED) is 0.301. The number of hydrogen-bond acceptors (Lipinski definition) is 11. The highest BCUT2D eigenvalue weighted by Gasteiger charge is 2.45. The van der Waals surface area contributed by atoms with Crippen LogP contribution in [-0.2, 0) is 23.2 Å². The van der Waals surface area contributed by atoms with E-state index in [1.807, 2.05) is 26.1 Å². The fraction of sp³-hybridized carbons (Fsp3) is 0.533. The molecule has 4 fully saturated rings. The van der Waals surface area contributed by atoms with Crippen molar-refractivity contribution in [3.63, 3.8) is 0 Å². The van der Waals surface area contributed by atoms with E-state index in [1.165, 1.54) is 12.8 Å². The molecule has 4 amide bonds. The summed E-state index contributed by atoms with van der Waals surface area (Å²) in [6.07, 6.45) is 6.65. The van der Waals surface area contributed by atoms with Gasteiger partial charge in [-0.2, -0.15) is 0 Å². The molecule has 0 bridgehead atoms. The Morgan fingerprint density at radius 1 is 0.712 bits per heavy atom. The minimum atomic E-state index is -0.957. The van der Waals surface area contributed by atoms with Crippen molar-refractivity contribution in [2.75, 3.05) is 78.0 Å². The zero-order valence-electron chi connectivity index (χ0n) is 35.1. The molecule has 0 radical (unpaired) electrons. The van der Waals surface area contributed by atoms with Gasteiger partial charge in [-0.15, -0.1) is 0 Å². The molecule has 314 valence electrons. The SMILES string of the molecule is COc1cc(-c2cn(C)c(=O)c(C)c2C)cc(OC)c1CN1CCN(C2CCN(CC3CCN(c4ccc5c(c4)C(=O)N(C4CCC(=O)NC4=O)C5=O)CC3)CC2)CC1. The van der Waals surface area contributed by atoms with Crippen molar-refractivity contribution >= 4 is 29.3 Å². The lowest BCUT2D eigenvalue weighted by molar-refractivity contribution is -0.136. The third kappa shape index (κ3) is 8.02. The summed E-state index contributed by atoms with van der Waals surface area (Å²) in [7, 11) is 5.20. The van der Waals surface area contributed by atoms with Gasteiger partial charge in [-0.1, -0.05) is 0 Å². The average molecular weight is 808 g/mol. The van der Waals surface area contributed by atoms with Crippen LogP contribution < -0.4 is 25.2 Å². The van der Waals surface area contributed by atoms with Gasteiger partial charge in [0.15, 0.2) is 0 Å². The molecular formula is C45H57N7O7. The van der Waals surface area contributed by atoms with E-state index in [4.69, 9.17) is 9.47 Å². The number of likely N-dealkylation sites (tertiary alicyclic amines) is 1. The van der Waals surface area contributed by atoms with E-state index in [2.05, 4.69) is 37.0 Å². The second-order valence-electron chi connectivity index (χ2n) is 17.0. The van der Waals surface area contributed by atoms with Crippen molar-refractivity contribution in [3.05, 3.63) is 74.7 Å². The van der Waals surface area contributed by atoms with Crippen LogP contribution in [0.3, 0.4) is 0 Å². The minimum Gasteiger partial charge on any atom is -0.496 e. The predicted octanol–water partition coefficient (Wildman–Crippen LogP) is 3.59. The molecule has 14 heteroatoms. The number of nitrogens with zero attached hydrogens (tertiary/aromatic N) is 6. The predicted molar refractivity (Wildman–Crippen MR) is 224 cm³/mol. The number of ether oxygens (including phenoxy) is 2. The van der Waals surface area contributed by atoms with E-state index in [9.17, 15) is 24.0 Å². The summed E-state index contributed by atoms with van der Waals surface area (Å²) in [5.74, 6) is 0.298. The first kappa shape index (κ1) is 40.7. The standard InChI is InChI=1S/C45H57N7O7/c1-28-29(2)43(55)47(3)26-36(28)31-22-39(58-4)37(40(23-31)59-5)27-49-18-20-51(21-19-49)32-12-14-48(15-13-32)25-30-10-16-50(17-11-30)33-6-7-34-35(24-33)45(57)52(44(34)56)38-8-9-41(53)46-42(38)54/h6-7,22-24,26,30,32,38H,8-21,25,27H2,1-5H3,(H,46,53,54). The number of pyridine rings is 1. The van der Waals surface area contributed by atoms with E-state index in [0.717, 1.165) is 128 Å². The lowest BCUT2D eigenvalue weighted by Gasteiger charge is -2.44. The normalized spacial score (nSPS) is 21.6. The summed E-state index contributed by atoms with van der Waals surface area (Å²) in [5.41, 5.74) is 6.30. The van der Waals surface area contributed by atoms with E-state index in [-0.39, 0.29) is 24.3 Å². The molecule has 0 aliphatic carbocycles. The number of piperidine rings is 3. The van der Waals surface area contributed by atoms with E-state index in [1.54, 1.807) is 38.0 Å². The fourth-order valence-electron chi connectivity index (χ4n) is 9.93. The third-order valence-electron chi connectivity index (χ3n) is 13.6. The number of hydrogen-bond donors (Lipinski definition) is 1. The van der Waals surface area contributed by atoms with Crippen LogP contribution in [0.25, 0.3) is 11.1 Å². The summed E-state index contributed by atoms with van der Waals surface area (Å²) >= 11 is 0. The molecule has 0 saturated carbocycles. The van der Waals surface area contributed by atoms with Gasteiger partial charge in [-0.25, -0.2) is 0 Å². The Morgan fingerprint density at radius 3 is 2.02 bits per heavy atom. The molecule has 5 aliphatic heterocycles. The number of piperazine rings is 1.